The number of amides is 1. The van der Waals surface area contributed by atoms with Gasteiger partial charge in [0.15, 0.2) is 0 Å². The molecule has 2 N–H and O–H groups in total. The molecule has 1 amide bonds. The fourth-order valence-electron chi connectivity index (χ4n) is 1.47. The van der Waals surface area contributed by atoms with Crippen molar-refractivity contribution < 1.29 is 19.4 Å². The Morgan fingerprint density at radius 3 is 2.68 bits per heavy atom. The summed E-state index contributed by atoms with van der Waals surface area (Å²) in [6.07, 6.45) is 0.820. The third-order valence-electron chi connectivity index (χ3n) is 2.75. The lowest BCUT2D eigenvalue weighted by atomic mass is 10.1. The number of carbonyl (C=O) groups excluding carboxylic acids is 1. The Kier molecular flexibility index (Phi) is 5.51. The molecule has 1 atom stereocenters. The monoisotopic (exact) mass is 265 g/mol. The van der Waals surface area contributed by atoms with Gasteiger partial charge >= 0.3 is 5.97 Å². The third-order valence-corrected chi connectivity index (χ3v) is 2.75. The summed E-state index contributed by atoms with van der Waals surface area (Å²) in [5.41, 5.74) is 1.19. The molecule has 1 rings (SSSR count). The molecule has 0 bridgehead atoms. The number of carboxylic acid groups (broad SMARTS) is 1. The fraction of sp³-hybridized carbons (Fsp3) is 0.429. The van der Waals surface area contributed by atoms with Crippen molar-refractivity contribution >= 4 is 17.6 Å². The minimum Gasteiger partial charge on any atom is -0.478 e. The van der Waals surface area contributed by atoms with Crippen molar-refractivity contribution in [1.29, 1.82) is 0 Å². The number of aryl methyl sites for hydroxylation is 1. The summed E-state index contributed by atoms with van der Waals surface area (Å²) < 4.78 is 5.29. The van der Waals surface area contributed by atoms with Crippen LogP contribution in [0.5, 0.6) is 0 Å². The molecule has 0 fully saturated rings. The maximum absolute atomic E-state index is 11.7. The number of rotatable bonds is 6. The Balaban J connectivity index is 2.71. The molecule has 104 valence electrons. The zero-order valence-corrected chi connectivity index (χ0v) is 11.4. The predicted octanol–water partition coefficient (Wildman–Crippen LogP) is 2.45. The SMILES string of the molecule is CCC(C)OCC(=O)Nc1ccc(C)cc1C(=O)O. The molecule has 0 saturated heterocycles. The second-order valence-corrected chi connectivity index (χ2v) is 4.43. The van der Waals surface area contributed by atoms with Gasteiger partial charge in [0, 0.05) is 0 Å². The highest BCUT2D eigenvalue weighted by molar-refractivity contribution is 6.01. The molecule has 5 nitrogen and oxygen atoms in total. The lowest BCUT2D eigenvalue weighted by molar-refractivity contribution is -0.122. The predicted molar refractivity (Wildman–Crippen MR) is 72.5 cm³/mol. The molecular formula is C14H19NO4. The number of hydrogen-bond donors (Lipinski definition) is 2. The second kappa shape index (κ2) is 6.89. The van der Waals surface area contributed by atoms with Crippen LogP contribution in [0.3, 0.4) is 0 Å². The van der Waals surface area contributed by atoms with Crippen LogP contribution in [0.4, 0.5) is 5.69 Å². The lowest BCUT2D eigenvalue weighted by Gasteiger charge is -2.12. The number of anilines is 1. The van der Waals surface area contributed by atoms with Crippen LogP contribution in [0.2, 0.25) is 0 Å². The highest BCUT2D eigenvalue weighted by atomic mass is 16.5. The van der Waals surface area contributed by atoms with Crippen LogP contribution >= 0.6 is 0 Å². The third kappa shape index (κ3) is 4.71. The van der Waals surface area contributed by atoms with E-state index in [9.17, 15) is 9.59 Å². The first-order chi connectivity index (χ1) is 8.93. The van der Waals surface area contributed by atoms with E-state index in [4.69, 9.17) is 9.84 Å². The molecular weight excluding hydrogens is 246 g/mol. The van der Waals surface area contributed by atoms with E-state index in [0.717, 1.165) is 12.0 Å². The normalized spacial score (nSPS) is 11.9. The molecule has 0 aliphatic rings. The molecule has 1 aromatic carbocycles. The molecule has 0 radical (unpaired) electrons. The van der Waals surface area contributed by atoms with Gasteiger partial charge in [0.2, 0.25) is 5.91 Å². The summed E-state index contributed by atoms with van der Waals surface area (Å²) in [4.78, 5) is 22.7. The first-order valence-electron chi connectivity index (χ1n) is 6.19. The average Bonchev–Trinajstić information content (AvgIpc) is 2.37. The molecule has 0 saturated carbocycles. The molecule has 0 heterocycles. The van der Waals surface area contributed by atoms with Crippen LogP contribution < -0.4 is 5.32 Å². The van der Waals surface area contributed by atoms with E-state index in [2.05, 4.69) is 5.32 Å². The molecule has 1 aromatic rings. The van der Waals surface area contributed by atoms with Gasteiger partial charge in [-0.3, -0.25) is 4.79 Å². The van der Waals surface area contributed by atoms with E-state index in [1.807, 2.05) is 13.8 Å². The quantitative estimate of drug-likeness (QED) is 0.828. The summed E-state index contributed by atoms with van der Waals surface area (Å²) in [6, 6.07) is 4.85. The summed E-state index contributed by atoms with van der Waals surface area (Å²) in [5, 5.41) is 11.6. The van der Waals surface area contributed by atoms with E-state index in [1.165, 1.54) is 6.07 Å². The van der Waals surface area contributed by atoms with Crippen LogP contribution in [-0.4, -0.2) is 29.7 Å². The van der Waals surface area contributed by atoms with Crippen LogP contribution in [0.1, 0.15) is 36.2 Å². The van der Waals surface area contributed by atoms with Crippen molar-refractivity contribution in [2.45, 2.75) is 33.3 Å². The summed E-state index contributed by atoms with van der Waals surface area (Å²) in [5.74, 6) is -1.42. The maximum atomic E-state index is 11.7. The molecule has 0 aromatic heterocycles. The number of nitrogens with one attached hydrogen (secondary N) is 1. The molecule has 0 aliphatic heterocycles. The molecule has 0 spiro atoms. The van der Waals surface area contributed by atoms with Gasteiger partial charge in [0.25, 0.3) is 0 Å². The number of hydrogen-bond acceptors (Lipinski definition) is 3. The van der Waals surface area contributed by atoms with Gasteiger partial charge in [0.05, 0.1) is 17.4 Å². The summed E-state index contributed by atoms with van der Waals surface area (Å²) in [7, 11) is 0. The van der Waals surface area contributed by atoms with Crippen LogP contribution in [0.15, 0.2) is 18.2 Å². The Morgan fingerprint density at radius 1 is 1.42 bits per heavy atom. The number of aromatic carboxylic acids is 1. The van der Waals surface area contributed by atoms with E-state index in [1.54, 1.807) is 19.1 Å². The topological polar surface area (TPSA) is 75.6 Å². The van der Waals surface area contributed by atoms with Crippen molar-refractivity contribution in [2.75, 3.05) is 11.9 Å². The number of carboxylic acids is 1. The molecule has 1 unspecified atom stereocenters. The van der Waals surface area contributed by atoms with Gasteiger partial charge in [-0.2, -0.15) is 0 Å². The fourth-order valence-corrected chi connectivity index (χ4v) is 1.47. The smallest absolute Gasteiger partial charge is 0.337 e. The second-order valence-electron chi connectivity index (χ2n) is 4.43. The highest BCUT2D eigenvalue weighted by Crippen LogP contribution is 2.17. The lowest BCUT2D eigenvalue weighted by Crippen LogP contribution is -2.22. The van der Waals surface area contributed by atoms with Crippen molar-refractivity contribution in [2.24, 2.45) is 0 Å². The zero-order chi connectivity index (χ0) is 14.4. The summed E-state index contributed by atoms with van der Waals surface area (Å²) in [6.45, 7) is 5.55. The van der Waals surface area contributed by atoms with Crippen LogP contribution in [-0.2, 0) is 9.53 Å². The van der Waals surface area contributed by atoms with E-state index < -0.39 is 5.97 Å². The minimum atomic E-state index is -1.07. The number of ether oxygens (including phenoxy) is 1. The van der Waals surface area contributed by atoms with Gasteiger partial charge in [-0.25, -0.2) is 4.79 Å². The Bertz CT molecular complexity index is 471. The first kappa shape index (κ1) is 15.2. The minimum absolute atomic E-state index is 0.00251. The molecule has 0 aliphatic carbocycles. The first-order valence-corrected chi connectivity index (χ1v) is 6.19. The Labute approximate surface area is 112 Å². The number of carbonyl (C=O) groups is 2. The van der Waals surface area contributed by atoms with Crippen molar-refractivity contribution in [3.05, 3.63) is 29.3 Å². The summed E-state index contributed by atoms with van der Waals surface area (Å²) >= 11 is 0. The largest absolute Gasteiger partial charge is 0.478 e. The maximum Gasteiger partial charge on any atom is 0.337 e. The molecule has 5 heteroatoms. The van der Waals surface area contributed by atoms with Crippen molar-refractivity contribution in [3.63, 3.8) is 0 Å². The van der Waals surface area contributed by atoms with Gasteiger partial charge in [-0.15, -0.1) is 0 Å². The van der Waals surface area contributed by atoms with Crippen molar-refractivity contribution in [3.8, 4) is 0 Å². The van der Waals surface area contributed by atoms with Crippen molar-refractivity contribution in [1.82, 2.24) is 0 Å². The van der Waals surface area contributed by atoms with Gasteiger partial charge in [-0.1, -0.05) is 18.6 Å². The zero-order valence-electron chi connectivity index (χ0n) is 11.4. The Morgan fingerprint density at radius 2 is 2.11 bits per heavy atom. The van der Waals surface area contributed by atoms with Crippen LogP contribution in [0.25, 0.3) is 0 Å². The average molecular weight is 265 g/mol. The van der Waals surface area contributed by atoms with Gasteiger partial charge in [0.1, 0.15) is 6.61 Å². The van der Waals surface area contributed by atoms with Crippen LogP contribution in [0, 0.1) is 6.92 Å². The molecule has 19 heavy (non-hydrogen) atoms. The highest BCUT2D eigenvalue weighted by Gasteiger charge is 2.13. The van der Waals surface area contributed by atoms with E-state index in [0.29, 0.717) is 0 Å². The number of benzene rings is 1. The Hall–Kier alpha value is -1.88. The van der Waals surface area contributed by atoms with E-state index in [-0.39, 0.29) is 29.9 Å². The van der Waals surface area contributed by atoms with E-state index >= 15 is 0 Å². The van der Waals surface area contributed by atoms with Gasteiger partial charge in [-0.05, 0) is 32.4 Å². The van der Waals surface area contributed by atoms with Gasteiger partial charge < -0.3 is 15.2 Å². The standard InChI is InChI=1S/C14H19NO4/c1-4-10(3)19-8-13(16)15-12-6-5-9(2)7-11(12)14(17)18/h5-7,10H,4,8H2,1-3H3,(H,15,16)(H,17,18).